The maximum absolute atomic E-state index is 12.8. The fourth-order valence-electron chi connectivity index (χ4n) is 4.61. The fourth-order valence-corrected chi connectivity index (χ4v) is 4.61. The molecule has 2 fully saturated rings. The third-order valence-corrected chi connectivity index (χ3v) is 6.02. The Kier molecular flexibility index (Phi) is 3.69. The number of ether oxygens (including phenoxy) is 1. The van der Waals surface area contributed by atoms with Gasteiger partial charge in [-0.15, -0.1) is 0 Å². The number of aryl methyl sites for hydroxylation is 1. The summed E-state index contributed by atoms with van der Waals surface area (Å²) in [6.45, 7) is 3.57. The van der Waals surface area contributed by atoms with E-state index in [1.807, 2.05) is 4.90 Å². The van der Waals surface area contributed by atoms with Crippen LogP contribution < -0.4 is 0 Å². The molecule has 1 spiro atoms. The molecule has 2 saturated heterocycles. The van der Waals surface area contributed by atoms with Crippen LogP contribution in [0.3, 0.4) is 0 Å². The Labute approximate surface area is 137 Å². The molecule has 1 aliphatic carbocycles. The zero-order valence-corrected chi connectivity index (χ0v) is 14.1. The Morgan fingerprint density at radius 3 is 3.04 bits per heavy atom. The molecule has 126 valence electrons. The average Bonchev–Trinajstić information content (AvgIpc) is 3.09. The van der Waals surface area contributed by atoms with Crippen molar-refractivity contribution in [3.63, 3.8) is 0 Å². The number of likely N-dealkylation sites (tertiary alicyclic amines) is 2. The molecule has 1 N–H and O–H groups in total. The minimum absolute atomic E-state index is 0.109. The van der Waals surface area contributed by atoms with Crippen LogP contribution in [-0.4, -0.2) is 71.8 Å². The van der Waals surface area contributed by atoms with Crippen LogP contribution in [0.25, 0.3) is 0 Å². The standard InChI is InChI=1S/C17H26N4O2/c1-20-7-6-12(9-23-2)8-17(20)10-21(11-17)16(22)15-13-4-3-5-14(13)18-19-15/h12H,3-11H2,1-2H3,(H,18,19)/t12-/m1/s1. The van der Waals surface area contributed by atoms with Crippen molar-refractivity contribution in [1.82, 2.24) is 20.0 Å². The molecular formula is C17H26N4O2. The van der Waals surface area contributed by atoms with Gasteiger partial charge >= 0.3 is 0 Å². The second-order valence-corrected chi connectivity index (χ2v) is 7.50. The highest BCUT2D eigenvalue weighted by atomic mass is 16.5. The molecule has 1 aromatic heterocycles. The Morgan fingerprint density at radius 2 is 2.26 bits per heavy atom. The number of amides is 1. The lowest BCUT2D eigenvalue weighted by molar-refractivity contribution is -0.0732. The quantitative estimate of drug-likeness (QED) is 0.906. The Morgan fingerprint density at radius 1 is 1.43 bits per heavy atom. The third kappa shape index (κ3) is 2.39. The highest BCUT2D eigenvalue weighted by molar-refractivity contribution is 5.95. The monoisotopic (exact) mass is 318 g/mol. The van der Waals surface area contributed by atoms with E-state index in [9.17, 15) is 4.79 Å². The molecular weight excluding hydrogens is 292 g/mol. The van der Waals surface area contributed by atoms with E-state index in [1.54, 1.807) is 7.11 Å². The molecule has 1 amide bonds. The van der Waals surface area contributed by atoms with Crippen molar-refractivity contribution in [1.29, 1.82) is 0 Å². The molecule has 3 aliphatic rings. The van der Waals surface area contributed by atoms with Gasteiger partial charge in [-0.25, -0.2) is 0 Å². The van der Waals surface area contributed by atoms with Gasteiger partial charge in [0.1, 0.15) is 0 Å². The van der Waals surface area contributed by atoms with Crippen LogP contribution >= 0.6 is 0 Å². The number of aromatic nitrogens is 2. The zero-order chi connectivity index (χ0) is 16.0. The summed E-state index contributed by atoms with van der Waals surface area (Å²) in [6, 6.07) is 0. The van der Waals surface area contributed by atoms with E-state index >= 15 is 0 Å². The van der Waals surface area contributed by atoms with Gasteiger partial charge in [-0.2, -0.15) is 5.10 Å². The Balaban J connectivity index is 1.44. The van der Waals surface area contributed by atoms with Crippen molar-refractivity contribution < 1.29 is 9.53 Å². The summed E-state index contributed by atoms with van der Waals surface area (Å²) in [5, 5.41) is 7.34. The molecule has 3 heterocycles. The van der Waals surface area contributed by atoms with Gasteiger partial charge in [-0.05, 0) is 51.6 Å². The van der Waals surface area contributed by atoms with E-state index in [2.05, 4.69) is 22.1 Å². The highest BCUT2D eigenvalue weighted by Crippen LogP contribution is 2.39. The number of nitrogens with one attached hydrogen (secondary N) is 1. The van der Waals surface area contributed by atoms with E-state index < -0.39 is 0 Å². The molecule has 2 aliphatic heterocycles. The van der Waals surface area contributed by atoms with Gasteiger partial charge in [0.05, 0.1) is 5.54 Å². The molecule has 1 aromatic rings. The average molecular weight is 318 g/mol. The van der Waals surface area contributed by atoms with Gasteiger partial charge < -0.3 is 9.64 Å². The number of H-pyrrole nitrogens is 1. The number of hydrogen-bond donors (Lipinski definition) is 1. The molecule has 0 unspecified atom stereocenters. The number of piperidine rings is 1. The predicted molar refractivity (Wildman–Crippen MR) is 86.5 cm³/mol. The van der Waals surface area contributed by atoms with Gasteiger partial charge in [-0.1, -0.05) is 0 Å². The van der Waals surface area contributed by atoms with E-state index in [1.165, 1.54) is 12.1 Å². The van der Waals surface area contributed by atoms with Crippen molar-refractivity contribution in [3.05, 3.63) is 17.0 Å². The van der Waals surface area contributed by atoms with Crippen LogP contribution in [0.1, 0.15) is 41.0 Å². The van der Waals surface area contributed by atoms with Crippen LogP contribution in [-0.2, 0) is 17.6 Å². The first-order valence-corrected chi connectivity index (χ1v) is 8.68. The maximum Gasteiger partial charge on any atom is 0.274 e. The predicted octanol–water partition coefficient (Wildman–Crippen LogP) is 1.08. The highest BCUT2D eigenvalue weighted by Gasteiger charge is 2.51. The molecule has 1 atom stereocenters. The Bertz CT molecular complexity index is 606. The minimum atomic E-state index is 0.109. The molecule has 0 radical (unpaired) electrons. The van der Waals surface area contributed by atoms with Crippen molar-refractivity contribution >= 4 is 5.91 Å². The fraction of sp³-hybridized carbons (Fsp3) is 0.765. The topological polar surface area (TPSA) is 61.5 Å². The molecule has 0 bridgehead atoms. The number of nitrogens with zero attached hydrogens (tertiary/aromatic N) is 3. The smallest absolute Gasteiger partial charge is 0.274 e. The summed E-state index contributed by atoms with van der Waals surface area (Å²) in [4.78, 5) is 17.2. The number of carbonyl (C=O) groups excluding carboxylic acids is 1. The van der Waals surface area contributed by atoms with Crippen molar-refractivity contribution in [2.24, 2.45) is 5.92 Å². The van der Waals surface area contributed by atoms with E-state index in [4.69, 9.17) is 4.74 Å². The summed E-state index contributed by atoms with van der Waals surface area (Å²) in [5.74, 6) is 0.723. The van der Waals surface area contributed by atoms with Crippen LogP contribution in [0.4, 0.5) is 0 Å². The van der Waals surface area contributed by atoms with Crippen LogP contribution in [0.5, 0.6) is 0 Å². The SMILES string of the molecule is COC[C@@H]1CCN(C)C2(C1)CN(C(=O)c1n[nH]c3c1CCC3)C2. The van der Waals surface area contributed by atoms with E-state index in [-0.39, 0.29) is 11.4 Å². The van der Waals surface area contributed by atoms with E-state index in [0.717, 1.165) is 57.5 Å². The first-order chi connectivity index (χ1) is 11.1. The molecule has 23 heavy (non-hydrogen) atoms. The lowest BCUT2D eigenvalue weighted by atomic mass is 9.75. The number of aromatic amines is 1. The second kappa shape index (κ2) is 5.60. The third-order valence-electron chi connectivity index (χ3n) is 6.02. The van der Waals surface area contributed by atoms with Crippen molar-refractivity contribution in [2.45, 2.75) is 37.6 Å². The second-order valence-electron chi connectivity index (χ2n) is 7.50. The minimum Gasteiger partial charge on any atom is -0.384 e. The maximum atomic E-state index is 12.8. The first kappa shape index (κ1) is 15.1. The lowest BCUT2D eigenvalue weighted by Crippen LogP contribution is -2.72. The molecule has 0 saturated carbocycles. The van der Waals surface area contributed by atoms with Gasteiger partial charge in [0.2, 0.25) is 0 Å². The number of likely N-dealkylation sites (N-methyl/N-ethyl adjacent to an activating group) is 1. The van der Waals surface area contributed by atoms with Crippen molar-refractivity contribution in [2.75, 3.05) is 40.4 Å². The normalized spacial score (nSPS) is 26.3. The number of hydrogen-bond acceptors (Lipinski definition) is 4. The Hall–Kier alpha value is -1.40. The number of rotatable bonds is 3. The molecule has 4 rings (SSSR count). The zero-order valence-electron chi connectivity index (χ0n) is 14.1. The van der Waals surface area contributed by atoms with Crippen LogP contribution in [0.2, 0.25) is 0 Å². The summed E-state index contributed by atoms with van der Waals surface area (Å²) in [7, 11) is 3.97. The molecule has 6 nitrogen and oxygen atoms in total. The van der Waals surface area contributed by atoms with Gasteiger partial charge in [0, 0.05) is 38.1 Å². The summed E-state index contributed by atoms with van der Waals surface area (Å²) in [6.07, 6.45) is 5.46. The molecule has 0 aromatic carbocycles. The van der Waals surface area contributed by atoms with Crippen LogP contribution in [0, 0.1) is 5.92 Å². The number of fused-ring (bicyclic) bond motifs is 1. The summed E-state index contributed by atoms with van der Waals surface area (Å²) >= 11 is 0. The lowest BCUT2D eigenvalue weighted by Gasteiger charge is -2.58. The number of carbonyl (C=O) groups is 1. The summed E-state index contributed by atoms with van der Waals surface area (Å²) in [5.41, 5.74) is 3.14. The largest absolute Gasteiger partial charge is 0.384 e. The van der Waals surface area contributed by atoms with Crippen molar-refractivity contribution in [3.8, 4) is 0 Å². The van der Waals surface area contributed by atoms with Gasteiger partial charge in [0.25, 0.3) is 5.91 Å². The first-order valence-electron chi connectivity index (χ1n) is 8.68. The summed E-state index contributed by atoms with van der Waals surface area (Å²) < 4.78 is 5.35. The van der Waals surface area contributed by atoms with Gasteiger partial charge in [0.15, 0.2) is 5.69 Å². The van der Waals surface area contributed by atoms with E-state index in [0.29, 0.717) is 11.6 Å². The van der Waals surface area contributed by atoms with Crippen LogP contribution in [0.15, 0.2) is 0 Å². The number of methoxy groups -OCH3 is 1. The van der Waals surface area contributed by atoms with Gasteiger partial charge in [-0.3, -0.25) is 14.8 Å². The molecule has 6 heteroatoms.